The van der Waals surface area contributed by atoms with Crippen molar-refractivity contribution in [3.05, 3.63) is 83.9 Å². The minimum atomic E-state index is -0.142. The van der Waals surface area contributed by atoms with Crippen LogP contribution in [0.1, 0.15) is 88.7 Å². The largest absolute Gasteiger partial charge is 0.251 e. The van der Waals surface area contributed by atoms with E-state index in [-0.39, 0.29) is 6.67 Å². The number of alkyl halides is 1. The zero-order chi connectivity index (χ0) is 25.0. The number of rotatable bonds is 13. The van der Waals surface area contributed by atoms with E-state index in [1.807, 2.05) is 0 Å². The molecule has 0 N–H and O–H groups in total. The SMILES string of the molecule is CCCCCCCc1ccc(-c2ccc(-c3ccc(CCC4CCC(CCF)CC4)cc3)cc2)cc1. The van der Waals surface area contributed by atoms with Gasteiger partial charge in [-0.3, -0.25) is 4.39 Å². The van der Waals surface area contributed by atoms with Gasteiger partial charge in [0.05, 0.1) is 6.67 Å². The molecule has 0 bridgehead atoms. The quantitative estimate of drug-likeness (QED) is 0.212. The summed E-state index contributed by atoms with van der Waals surface area (Å²) in [6, 6.07) is 27.3. The average Bonchev–Trinajstić information content (AvgIpc) is 2.93. The lowest BCUT2D eigenvalue weighted by Gasteiger charge is -2.28. The highest BCUT2D eigenvalue weighted by molar-refractivity contribution is 5.70. The predicted octanol–water partition coefficient (Wildman–Crippen LogP) is 10.6. The van der Waals surface area contributed by atoms with Crippen LogP contribution in [0.3, 0.4) is 0 Å². The van der Waals surface area contributed by atoms with Crippen LogP contribution >= 0.6 is 0 Å². The summed E-state index contributed by atoms with van der Waals surface area (Å²) in [5, 5.41) is 0. The fraction of sp³-hybridized carbons (Fsp3) is 0.486. The molecule has 0 unspecified atom stereocenters. The molecule has 0 spiro atoms. The molecule has 0 atom stereocenters. The van der Waals surface area contributed by atoms with E-state index in [4.69, 9.17) is 0 Å². The molecule has 0 saturated heterocycles. The maximum Gasteiger partial charge on any atom is 0.0897 e. The summed E-state index contributed by atoms with van der Waals surface area (Å²) in [7, 11) is 0. The monoisotopic (exact) mass is 484 g/mol. The number of halogens is 1. The third-order valence-electron chi connectivity index (χ3n) is 8.35. The number of benzene rings is 3. The lowest BCUT2D eigenvalue weighted by Crippen LogP contribution is -2.15. The zero-order valence-electron chi connectivity index (χ0n) is 22.4. The Bertz CT molecular complexity index is 992. The minimum Gasteiger partial charge on any atom is -0.251 e. The smallest absolute Gasteiger partial charge is 0.0897 e. The fourth-order valence-corrected chi connectivity index (χ4v) is 5.85. The van der Waals surface area contributed by atoms with Gasteiger partial charge in [0.2, 0.25) is 0 Å². The molecular weight excluding hydrogens is 439 g/mol. The van der Waals surface area contributed by atoms with E-state index in [2.05, 4.69) is 79.7 Å². The molecule has 0 heterocycles. The maximum absolute atomic E-state index is 12.6. The molecule has 0 aliphatic heterocycles. The van der Waals surface area contributed by atoms with Crippen molar-refractivity contribution in [1.82, 2.24) is 0 Å². The van der Waals surface area contributed by atoms with E-state index in [9.17, 15) is 4.39 Å². The van der Waals surface area contributed by atoms with Gasteiger partial charge in [0, 0.05) is 0 Å². The van der Waals surface area contributed by atoms with Gasteiger partial charge < -0.3 is 0 Å². The molecule has 36 heavy (non-hydrogen) atoms. The summed E-state index contributed by atoms with van der Waals surface area (Å²) in [5.74, 6) is 1.47. The molecule has 1 aliphatic rings. The Balaban J connectivity index is 1.25. The van der Waals surface area contributed by atoms with Gasteiger partial charge in [0.25, 0.3) is 0 Å². The van der Waals surface area contributed by atoms with Crippen LogP contribution in [0.4, 0.5) is 4.39 Å². The lowest BCUT2D eigenvalue weighted by atomic mass is 9.78. The van der Waals surface area contributed by atoms with Crippen LogP contribution in [0.25, 0.3) is 22.3 Å². The van der Waals surface area contributed by atoms with E-state index in [1.54, 1.807) is 0 Å². The van der Waals surface area contributed by atoms with Crippen LogP contribution in [-0.2, 0) is 12.8 Å². The van der Waals surface area contributed by atoms with Crippen molar-refractivity contribution in [2.75, 3.05) is 6.67 Å². The fourth-order valence-electron chi connectivity index (χ4n) is 5.85. The van der Waals surface area contributed by atoms with Gasteiger partial charge in [-0.2, -0.15) is 0 Å². The van der Waals surface area contributed by atoms with Gasteiger partial charge in [0.1, 0.15) is 0 Å². The summed E-state index contributed by atoms with van der Waals surface area (Å²) in [4.78, 5) is 0. The molecule has 0 nitrogen and oxygen atoms in total. The minimum absolute atomic E-state index is 0.142. The predicted molar refractivity (Wildman–Crippen MR) is 154 cm³/mol. The Labute approximate surface area is 219 Å². The summed E-state index contributed by atoms with van der Waals surface area (Å²) in [6.45, 7) is 2.13. The van der Waals surface area contributed by atoms with Crippen molar-refractivity contribution in [3.8, 4) is 22.3 Å². The Morgan fingerprint density at radius 1 is 0.528 bits per heavy atom. The third kappa shape index (κ3) is 8.05. The van der Waals surface area contributed by atoms with E-state index >= 15 is 0 Å². The molecule has 192 valence electrons. The van der Waals surface area contributed by atoms with Gasteiger partial charge in [0.15, 0.2) is 0 Å². The summed E-state index contributed by atoms with van der Waals surface area (Å²) in [6.07, 6.45) is 16.1. The van der Waals surface area contributed by atoms with E-state index < -0.39 is 0 Å². The van der Waals surface area contributed by atoms with Gasteiger partial charge in [-0.05, 0) is 77.3 Å². The third-order valence-corrected chi connectivity index (χ3v) is 8.35. The second kappa shape index (κ2) is 14.4. The van der Waals surface area contributed by atoms with Crippen molar-refractivity contribution in [3.63, 3.8) is 0 Å². The molecule has 1 aliphatic carbocycles. The molecular formula is C35H45F. The Morgan fingerprint density at radius 2 is 0.944 bits per heavy atom. The van der Waals surface area contributed by atoms with Crippen molar-refractivity contribution in [2.24, 2.45) is 11.8 Å². The highest BCUT2D eigenvalue weighted by atomic mass is 19.1. The van der Waals surface area contributed by atoms with Crippen LogP contribution in [0.15, 0.2) is 72.8 Å². The van der Waals surface area contributed by atoms with Crippen LogP contribution in [0.2, 0.25) is 0 Å². The molecule has 0 radical (unpaired) electrons. The van der Waals surface area contributed by atoms with Crippen molar-refractivity contribution in [2.45, 2.75) is 90.4 Å². The van der Waals surface area contributed by atoms with Gasteiger partial charge in [-0.25, -0.2) is 0 Å². The molecule has 0 aromatic heterocycles. The molecule has 1 heteroatoms. The second-order valence-electron chi connectivity index (χ2n) is 11.0. The average molecular weight is 485 g/mol. The van der Waals surface area contributed by atoms with E-state index in [1.165, 1.54) is 104 Å². The molecule has 4 rings (SSSR count). The van der Waals surface area contributed by atoms with E-state index in [0.717, 1.165) is 18.8 Å². The van der Waals surface area contributed by atoms with Crippen molar-refractivity contribution < 1.29 is 4.39 Å². The summed E-state index contributed by atoms with van der Waals surface area (Å²) in [5.41, 5.74) is 8.04. The first kappa shape index (κ1) is 26.6. The van der Waals surface area contributed by atoms with Crippen LogP contribution in [0, 0.1) is 11.8 Å². The highest BCUT2D eigenvalue weighted by Gasteiger charge is 2.20. The number of aryl methyl sites for hydroxylation is 2. The first-order valence-electron chi connectivity index (χ1n) is 14.6. The van der Waals surface area contributed by atoms with Gasteiger partial charge in [-0.15, -0.1) is 0 Å². The van der Waals surface area contributed by atoms with Gasteiger partial charge >= 0.3 is 0 Å². The topological polar surface area (TPSA) is 0 Å². The summed E-state index contributed by atoms with van der Waals surface area (Å²) < 4.78 is 12.6. The highest BCUT2D eigenvalue weighted by Crippen LogP contribution is 2.33. The molecule has 0 amide bonds. The van der Waals surface area contributed by atoms with Crippen molar-refractivity contribution >= 4 is 0 Å². The standard InChI is InChI=1S/C35H45F/c1-2-3-4-5-6-7-28-14-18-32(19-15-28)34-22-24-35(25-23-34)33-20-16-30(17-21-33)9-8-29-10-12-31(13-11-29)26-27-36/h14-25,29,31H,2-13,26-27H2,1H3. The number of unbranched alkanes of at least 4 members (excludes halogenated alkanes) is 4. The second-order valence-corrected chi connectivity index (χ2v) is 11.0. The molecule has 3 aromatic rings. The lowest BCUT2D eigenvalue weighted by molar-refractivity contribution is 0.239. The normalized spacial score (nSPS) is 17.8. The Hall–Kier alpha value is -2.41. The number of hydrogen-bond donors (Lipinski definition) is 0. The van der Waals surface area contributed by atoms with Crippen LogP contribution in [0.5, 0.6) is 0 Å². The van der Waals surface area contributed by atoms with Gasteiger partial charge in [-0.1, -0.05) is 131 Å². The first-order valence-corrected chi connectivity index (χ1v) is 14.6. The zero-order valence-corrected chi connectivity index (χ0v) is 22.4. The van der Waals surface area contributed by atoms with E-state index in [0.29, 0.717) is 5.92 Å². The first-order chi connectivity index (χ1) is 17.7. The maximum atomic E-state index is 12.6. The van der Waals surface area contributed by atoms with Crippen LogP contribution in [-0.4, -0.2) is 6.67 Å². The molecule has 1 fully saturated rings. The van der Waals surface area contributed by atoms with Crippen LogP contribution < -0.4 is 0 Å². The molecule has 3 aromatic carbocycles. The van der Waals surface area contributed by atoms with Crippen molar-refractivity contribution in [1.29, 1.82) is 0 Å². The summed E-state index contributed by atoms with van der Waals surface area (Å²) >= 11 is 0. The Kier molecular flexibility index (Phi) is 10.6. The Morgan fingerprint density at radius 3 is 1.42 bits per heavy atom. The number of hydrogen-bond acceptors (Lipinski definition) is 0. The molecule has 1 saturated carbocycles.